The molecule has 1 aliphatic heterocycles. The third kappa shape index (κ3) is 5.23. The second-order valence-corrected chi connectivity index (χ2v) is 7.41. The fraction of sp³-hybridized carbons (Fsp3) is 0.381. The quantitative estimate of drug-likeness (QED) is 0.832. The van der Waals surface area contributed by atoms with Crippen LogP contribution >= 0.6 is 0 Å². The standard InChI is InChI=1S/C21H27N3O2/c1-21(11-12-24(2)16-21)15-22-20(25)23-18-9-6-10-19(13-18)26-14-17-7-4-3-5-8-17/h3-10,13H,11-12,14-16H2,1-2H3,(H2,22,23,25)/t21-/m0/s1. The zero-order valence-electron chi connectivity index (χ0n) is 15.5. The van der Waals surface area contributed by atoms with Gasteiger partial charge in [-0.25, -0.2) is 4.79 Å². The zero-order chi connectivity index (χ0) is 18.4. The molecule has 1 aliphatic rings. The molecule has 3 rings (SSSR count). The molecule has 0 saturated carbocycles. The first-order valence-electron chi connectivity index (χ1n) is 9.03. The molecule has 0 unspecified atom stereocenters. The fourth-order valence-corrected chi connectivity index (χ4v) is 3.29. The van der Waals surface area contributed by atoms with Gasteiger partial charge in [0.2, 0.25) is 0 Å². The highest BCUT2D eigenvalue weighted by Gasteiger charge is 2.32. The number of rotatable bonds is 6. The van der Waals surface area contributed by atoms with Crippen molar-refractivity contribution in [1.82, 2.24) is 10.2 Å². The molecule has 1 fully saturated rings. The Morgan fingerprint density at radius 3 is 2.73 bits per heavy atom. The van der Waals surface area contributed by atoms with Crippen molar-refractivity contribution in [1.29, 1.82) is 0 Å². The normalized spacial score (nSPS) is 19.9. The minimum Gasteiger partial charge on any atom is -0.489 e. The predicted octanol–water partition coefficient (Wildman–Crippen LogP) is 3.73. The summed E-state index contributed by atoms with van der Waals surface area (Å²) in [4.78, 5) is 14.5. The third-order valence-electron chi connectivity index (χ3n) is 4.76. The van der Waals surface area contributed by atoms with Crippen LogP contribution < -0.4 is 15.4 Å². The lowest BCUT2D eigenvalue weighted by Gasteiger charge is -2.24. The molecule has 2 aromatic rings. The number of benzene rings is 2. The molecule has 2 aromatic carbocycles. The molecule has 5 nitrogen and oxygen atoms in total. The molecule has 0 bridgehead atoms. The van der Waals surface area contributed by atoms with Crippen LogP contribution in [0.3, 0.4) is 0 Å². The van der Waals surface area contributed by atoms with Crippen molar-refractivity contribution in [3.63, 3.8) is 0 Å². The van der Waals surface area contributed by atoms with Crippen molar-refractivity contribution in [2.24, 2.45) is 5.41 Å². The van der Waals surface area contributed by atoms with E-state index in [2.05, 4.69) is 29.5 Å². The van der Waals surface area contributed by atoms with E-state index in [9.17, 15) is 4.79 Å². The number of urea groups is 1. The van der Waals surface area contributed by atoms with Gasteiger partial charge >= 0.3 is 6.03 Å². The topological polar surface area (TPSA) is 53.6 Å². The average Bonchev–Trinajstić information content (AvgIpc) is 2.99. The first-order valence-corrected chi connectivity index (χ1v) is 9.03. The Labute approximate surface area is 155 Å². The summed E-state index contributed by atoms with van der Waals surface area (Å²) in [7, 11) is 2.12. The lowest BCUT2D eigenvalue weighted by molar-refractivity contribution is 0.241. The van der Waals surface area contributed by atoms with Crippen LogP contribution in [0.4, 0.5) is 10.5 Å². The van der Waals surface area contributed by atoms with E-state index in [0.717, 1.165) is 36.5 Å². The van der Waals surface area contributed by atoms with Crippen LogP contribution in [0.2, 0.25) is 0 Å². The Hall–Kier alpha value is -2.53. The molecule has 26 heavy (non-hydrogen) atoms. The summed E-state index contributed by atoms with van der Waals surface area (Å²) in [5.41, 5.74) is 1.98. The molecule has 138 valence electrons. The smallest absolute Gasteiger partial charge is 0.319 e. The van der Waals surface area contributed by atoms with Crippen LogP contribution in [0.25, 0.3) is 0 Å². The van der Waals surface area contributed by atoms with Gasteiger partial charge in [0.1, 0.15) is 12.4 Å². The molecule has 5 heteroatoms. The van der Waals surface area contributed by atoms with Crippen molar-refractivity contribution in [3.8, 4) is 5.75 Å². The summed E-state index contributed by atoms with van der Waals surface area (Å²) in [5.74, 6) is 0.732. The van der Waals surface area contributed by atoms with Crippen LogP contribution in [0.15, 0.2) is 54.6 Å². The Kier molecular flexibility index (Phi) is 5.78. The highest BCUT2D eigenvalue weighted by Crippen LogP contribution is 2.27. The second-order valence-electron chi connectivity index (χ2n) is 7.41. The predicted molar refractivity (Wildman–Crippen MR) is 104 cm³/mol. The molecule has 2 N–H and O–H groups in total. The van der Waals surface area contributed by atoms with Crippen molar-refractivity contribution in [3.05, 3.63) is 60.2 Å². The monoisotopic (exact) mass is 353 g/mol. The van der Waals surface area contributed by atoms with Crippen molar-refractivity contribution < 1.29 is 9.53 Å². The molecule has 0 spiro atoms. The van der Waals surface area contributed by atoms with Crippen molar-refractivity contribution in [2.45, 2.75) is 20.0 Å². The molecular weight excluding hydrogens is 326 g/mol. The number of likely N-dealkylation sites (tertiary alicyclic amines) is 1. The van der Waals surface area contributed by atoms with Crippen LogP contribution in [-0.2, 0) is 6.61 Å². The number of anilines is 1. The van der Waals surface area contributed by atoms with Crippen LogP contribution in [0, 0.1) is 5.41 Å². The summed E-state index contributed by atoms with van der Waals surface area (Å²) in [5, 5.41) is 5.88. The first-order chi connectivity index (χ1) is 12.5. The van der Waals surface area contributed by atoms with Gasteiger partial charge in [0, 0.05) is 24.8 Å². The Balaban J connectivity index is 1.49. The van der Waals surface area contributed by atoms with Gasteiger partial charge in [0.15, 0.2) is 0 Å². The lowest BCUT2D eigenvalue weighted by atomic mass is 9.90. The van der Waals surface area contributed by atoms with E-state index in [-0.39, 0.29) is 11.4 Å². The molecule has 1 atom stereocenters. The molecule has 1 heterocycles. The number of nitrogens with one attached hydrogen (secondary N) is 2. The molecule has 0 aliphatic carbocycles. The maximum Gasteiger partial charge on any atom is 0.319 e. The molecule has 0 aromatic heterocycles. The van der Waals surface area contributed by atoms with Crippen LogP contribution in [0.1, 0.15) is 18.9 Å². The number of nitrogens with zero attached hydrogens (tertiary/aromatic N) is 1. The van der Waals surface area contributed by atoms with Gasteiger partial charge < -0.3 is 20.3 Å². The largest absolute Gasteiger partial charge is 0.489 e. The van der Waals surface area contributed by atoms with E-state index in [0.29, 0.717) is 13.2 Å². The van der Waals surface area contributed by atoms with Crippen LogP contribution in [0.5, 0.6) is 5.75 Å². The van der Waals surface area contributed by atoms with Gasteiger partial charge in [-0.3, -0.25) is 0 Å². The van der Waals surface area contributed by atoms with E-state index < -0.39 is 0 Å². The molecule has 1 saturated heterocycles. The van der Waals surface area contributed by atoms with Crippen molar-refractivity contribution >= 4 is 11.7 Å². The Morgan fingerprint density at radius 1 is 1.19 bits per heavy atom. The first kappa shape index (κ1) is 18.3. The van der Waals surface area contributed by atoms with Gasteiger partial charge in [-0.05, 0) is 43.1 Å². The molecular formula is C21H27N3O2. The highest BCUT2D eigenvalue weighted by molar-refractivity contribution is 5.89. The minimum absolute atomic E-state index is 0.146. The number of hydrogen-bond donors (Lipinski definition) is 2. The summed E-state index contributed by atoms with van der Waals surface area (Å²) in [6.07, 6.45) is 1.10. The van der Waals surface area contributed by atoms with Gasteiger partial charge in [0.25, 0.3) is 0 Å². The molecule has 0 radical (unpaired) electrons. The van der Waals surface area contributed by atoms with Gasteiger partial charge in [-0.1, -0.05) is 43.3 Å². The van der Waals surface area contributed by atoms with E-state index in [4.69, 9.17) is 4.74 Å². The van der Waals surface area contributed by atoms with Gasteiger partial charge in [-0.15, -0.1) is 0 Å². The van der Waals surface area contributed by atoms with E-state index in [1.165, 1.54) is 0 Å². The Bertz CT molecular complexity index is 735. The maximum atomic E-state index is 12.2. The van der Waals surface area contributed by atoms with Crippen LogP contribution in [-0.4, -0.2) is 37.6 Å². The molecule has 2 amide bonds. The summed E-state index contributed by atoms with van der Waals surface area (Å²) >= 11 is 0. The minimum atomic E-state index is -0.180. The second kappa shape index (κ2) is 8.23. The highest BCUT2D eigenvalue weighted by atomic mass is 16.5. The summed E-state index contributed by atoms with van der Waals surface area (Å²) in [6.45, 7) is 5.49. The SMILES string of the molecule is CN1CC[C@@](C)(CNC(=O)Nc2cccc(OCc3ccccc3)c2)C1. The number of hydrogen-bond acceptors (Lipinski definition) is 3. The van der Waals surface area contributed by atoms with Crippen molar-refractivity contribution in [2.75, 3.05) is 32.0 Å². The van der Waals surface area contributed by atoms with E-state index in [1.807, 2.05) is 54.6 Å². The Morgan fingerprint density at radius 2 is 2.00 bits per heavy atom. The van der Waals surface area contributed by atoms with Gasteiger partial charge in [0.05, 0.1) is 0 Å². The average molecular weight is 353 g/mol. The number of carbonyl (C=O) groups excluding carboxylic acids is 1. The summed E-state index contributed by atoms with van der Waals surface area (Å²) < 4.78 is 5.81. The summed E-state index contributed by atoms with van der Waals surface area (Å²) in [6, 6.07) is 17.3. The number of carbonyl (C=O) groups is 1. The number of ether oxygens (including phenoxy) is 1. The number of amides is 2. The van der Waals surface area contributed by atoms with Gasteiger partial charge in [-0.2, -0.15) is 0 Å². The fourth-order valence-electron chi connectivity index (χ4n) is 3.29. The maximum absolute atomic E-state index is 12.2. The lowest BCUT2D eigenvalue weighted by Crippen LogP contribution is -2.39. The zero-order valence-corrected chi connectivity index (χ0v) is 15.5. The van der Waals surface area contributed by atoms with E-state index in [1.54, 1.807) is 0 Å². The van der Waals surface area contributed by atoms with E-state index >= 15 is 0 Å². The third-order valence-corrected chi connectivity index (χ3v) is 4.76.